The van der Waals surface area contributed by atoms with Crippen molar-refractivity contribution in [1.82, 2.24) is 4.90 Å². The number of amides is 1. The van der Waals surface area contributed by atoms with Gasteiger partial charge in [-0.2, -0.15) is 0 Å². The van der Waals surface area contributed by atoms with Gasteiger partial charge in [-0.1, -0.05) is 6.92 Å². The summed E-state index contributed by atoms with van der Waals surface area (Å²) in [5.41, 5.74) is -0.214. The second-order valence-corrected chi connectivity index (χ2v) is 5.83. The minimum absolute atomic E-state index is 0.0528. The molecule has 1 aromatic carbocycles. The summed E-state index contributed by atoms with van der Waals surface area (Å²) >= 11 is 0. The van der Waals surface area contributed by atoms with E-state index >= 15 is 0 Å². The highest BCUT2D eigenvalue weighted by Gasteiger charge is 2.26. The standard InChI is InChI=1S/C18H20N2O7/c1-12(18(22)26-3)10-19(11-14-5-4-8-27-14)17(21)13-6-7-16(25-2)15(9-13)20(23)24/h4-9,12H,10-11H2,1-3H3. The second-order valence-electron chi connectivity index (χ2n) is 5.83. The number of hydrogen-bond donors (Lipinski definition) is 0. The van der Waals surface area contributed by atoms with Gasteiger partial charge in [-0.05, 0) is 24.3 Å². The first kappa shape index (κ1) is 20.0. The van der Waals surface area contributed by atoms with E-state index in [0.29, 0.717) is 5.76 Å². The van der Waals surface area contributed by atoms with Crippen molar-refractivity contribution in [2.75, 3.05) is 20.8 Å². The van der Waals surface area contributed by atoms with Gasteiger partial charge >= 0.3 is 11.7 Å². The summed E-state index contributed by atoms with van der Waals surface area (Å²) in [6.07, 6.45) is 1.47. The number of rotatable bonds is 8. The van der Waals surface area contributed by atoms with Crippen LogP contribution in [0.1, 0.15) is 23.0 Å². The Labute approximate surface area is 155 Å². The molecule has 0 fully saturated rings. The lowest BCUT2D eigenvalue weighted by Gasteiger charge is -2.24. The summed E-state index contributed by atoms with van der Waals surface area (Å²) in [5.74, 6) is -0.955. The smallest absolute Gasteiger partial charge is 0.311 e. The molecule has 0 bridgehead atoms. The van der Waals surface area contributed by atoms with E-state index in [-0.39, 0.29) is 30.1 Å². The number of nitrogens with zero attached hydrogens (tertiary/aromatic N) is 2. The molecule has 0 aliphatic rings. The van der Waals surface area contributed by atoms with Gasteiger partial charge < -0.3 is 18.8 Å². The molecule has 1 atom stereocenters. The summed E-state index contributed by atoms with van der Waals surface area (Å²) < 4.78 is 14.9. The number of furan rings is 1. The van der Waals surface area contributed by atoms with Crippen LogP contribution in [0.2, 0.25) is 0 Å². The SMILES string of the molecule is COC(=O)C(C)CN(Cc1ccco1)C(=O)c1ccc(OC)c([N+](=O)[O-])c1. The van der Waals surface area contributed by atoms with Gasteiger partial charge in [0, 0.05) is 18.2 Å². The molecule has 1 aromatic heterocycles. The monoisotopic (exact) mass is 376 g/mol. The first-order valence-corrected chi connectivity index (χ1v) is 8.09. The van der Waals surface area contributed by atoms with Crippen molar-refractivity contribution in [3.05, 3.63) is 58.0 Å². The lowest BCUT2D eigenvalue weighted by molar-refractivity contribution is -0.385. The van der Waals surface area contributed by atoms with Crippen LogP contribution in [-0.2, 0) is 16.1 Å². The van der Waals surface area contributed by atoms with Crippen LogP contribution >= 0.6 is 0 Å². The molecule has 0 aliphatic carbocycles. The molecule has 9 nitrogen and oxygen atoms in total. The minimum Gasteiger partial charge on any atom is -0.490 e. The van der Waals surface area contributed by atoms with Gasteiger partial charge in [0.25, 0.3) is 5.91 Å². The molecule has 0 saturated carbocycles. The Balaban J connectivity index is 2.33. The third-order valence-electron chi connectivity index (χ3n) is 3.93. The Hall–Kier alpha value is -3.36. The Morgan fingerprint density at radius 3 is 2.59 bits per heavy atom. The van der Waals surface area contributed by atoms with E-state index in [2.05, 4.69) is 0 Å². The molecule has 1 heterocycles. The Morgan fingerprint density at radius 1 is 1.30 bits per heavy atom. The van der Waals surface area contributed by atoms with Gasteiger partial charge in [-0.3, -0.25) is 19.7 Å². The summed E-state index contributed by atoms with van der Waals surface area (Å²) in [5, 5.41) is 11.2. The third-order valence-corrected chi connectivity index (χ3v) is 3.93. The van der Waals surface area contributed by atoms with Crippen molar-refractivity contribution in [1.29, 1.82) is 0 Å². The van der Waals surface area contributed by atoms with Crippen LogP contribution in [0.25, 0.3) is 0 Å². The van der Waals surface area contributed by atoms with Gasteiger partial charge in [-0.15, -0.1) is 0 Å². The van der Waals surface area contributed by atoms with Gasteiger partial charge in [0.15, 0.2) is 5.75 Å². The lowest BCUT2D eigenvalue weighted by Crippen LogP contribution is -2.36. The molecular weight excluding hydrogens is 356 g/mol. The molecule has 27 heavy (non-hydrogen) atoms. The number of hydrogen-bond acceptors (Lipinski definition) is 7. The van der Waals surface area contributed by atoms with Crippen LogP contribution in [0, 0.1) is 16.0 Å². The third kappa shape index (κ3) is 4.84. The molecule has 1 unspecified atom stereocenters. The Bertz CT molecular complexity index is 817. The Kier molecular flexibility index (Phi) is 6.53. The van der Waals surface area contributed by atoms with E-state index < -0.39 is 22.7 Å². The summed E-state index contributed by atoms with van der Waals surface area (Å²) in [6.45, 7) is 1.80. The normalized spacial score (nSPS) is 11.5. The van der Waals surface area contributed by atoms with Crippen LogP contribution in [0.15, 0.2) is 41.0 Å². The van der Waals surface area contributed by atoms with Crippen molar-refractivity contribution in [3.8, 4) is 5.75 Å². The summed E-state index contributed by atoms with van der Waals surface area (Å²) in [6, 6.07) is 7.32. The molecule has 9 heteroatoms. The zero-order chi connectivity index (χ0) is 20.0. The molecule has 0 N–H and O–H groups in total. The van der Waals surface area contributed by atoms with E-state index in [1.807, 2.05) is 0 Å². The minimum atomic E-state index is -0.621. The van der Waals surface area contributed by atoms with Crippen LogP contribution in [-0.4, -0.2) is 42.5 Å². The lowest BCUT2D eigenvalue weighted by atomic mass is 10.1. The summed E-state index contributed by atoms with van der Waals surface area (Å²) in [7, 11) is 2.58. The predicted molar refractivity (Wildman–Crippen MR) is 94.3 cm³/mol. The van der Waals surface area contributed by atoms with Crippen molar-refractivity contribution in [2.45, 2.75) is 13.5 Å². The van der Waals surface area contributed by atoms with Gasteiger partial charge in [0.05, 0.1) is 37.9 Å². The van der Waals surface area contributed by atoms with Gasteiger partial charge in [-0.25, -0.2) is 0 Å². The zero-order valence-corrected chi connectivity index (χ0v) is 15.2. The average Bonchev–Trinajstić information content (AvgIpc) is 3.18. The topological polar surface area (TPSA) is 112 Å². The van der Waals surface area contributed by atoms with Crippen LogP contribution in [0.4, 0.5) is 5.69 Å². The van der Waals surface area contributed by atoms with Gasteiger partial charge in [0.2, 0.25) is 0 Å². The van der Waals surface area contributed by atoms with E-state index in [1.165, 1.54) is 37.5 Å². The molecule has 0 radical (unpaired) electrons. The largest absolute Gasteiger partial charge is 0.490 e. The number of methoxy groups -OCH3 is 2. The van der Waals surface area contributed by atoms with Crippen molar-refractivity contribution >= 4 is 17.6 Å². The van der Waals surface area contributed by atoms with Crippen LogP contribution in [0.3, 0.4) is 0 Å². The summed E-state index contributed by atoms with van der Waals surface area (Å²) in [4.78, 5) is 36.7. The molecule has 0 saturated heterocycles. The molecule has 2 aromatic rings. The average molecular weight is 376 g/mol. The highest BCUT2D eigenvalue weighted by Crippen LogP contribution is 2.28. The van der Waals surface area contributed by atoms with Crippen molar-refractivity contribution in [2.24, 2.45) is 5.92 Å². The molecule has 144 valence electrons. The highest BCUT2D eigenvalue weighted by molar-refractivity contribution is 5.95. The second kappa shape index (κ2) is 8.84. The molecular formula is C18H20N2O7. The van der Waals surface area contributed by atoms with Crippen molar-refractivity contribution < 1.29 is 28.4 Å². The number of carbonyl (C=O) groups is 2. The van der Waals surface area contributed by atoms with Crippen LogP contribution in [0.5, 0.6) is 5.75 Å². The number of esters is 1. The maximum Gasteiger partial charge on any atom is 0.311 e. The van der Waals surface area contributed by atoms with E-state index in [4.69, 9.17) is 13.9 Å². The predicted octanol–water partition coefficient (Wildman–Crippen LogP) is 2.65. The number of nitro benzene ring substituents is 1. The fourth-order valence-corrected chi connectivity index (χ4v) is 2.56. The van der Waals surface area contributed by atoms with Crippen LogP contribution < -0.4 is 4.74 Å². The fraction of sp³-hybridized carbons (Fsp3) is 0.333. The van der Waals surface area contributed by atoms with Gasteiger partial charge in [0.1, 0.15) is 5.76 Å². The number of nitro groups is 1. The van der Waals surface area contributed by atoms with Crippen molar-refractivity contribution in [3.63, 3.8) is 0 Å². The van der Waals surface area contributed by atoms with E-state index in [0.717, 1.165) is 6.07 Å². The highest BCUT2D eigenvalue weighted by atomic mass is 16.6. The first-order chi connectivity index (χ1) is 12.9. The number of carbonyl (C=O) groups excluding carboxylic acids is 2. The van der Waals surface area contributed by atoms with E-state index in [1.54, 1.807) is 19.1 Å². The van der Waals surface area contributed by atoms with E-state index in [9.17, 15) is 19.7 Å². The fourth-order valence-electron chi connectivity index (χ4n) is 2.56. The maximum absolute atomic E-state index is 13.0. The molecule has 0 aliphatic heterocycles. The Morgan fingerprint density at radius 2 is 2.04 bits per heavy atom. The quantitative estimate of drug-likeness (QED) is 0.395. The molecule has 0 spiro atoms. The molecule has 1 amide bonds. The zero-order valence-electron chi connectivity index (χ0n) is 15.2. The number of ether oxygens (including phenoxy) is 2. The molecule has 2 rings (SSSR count). The maximum atomic E-state index is 13.0. The first-order valence-electron chi connectivity index (χ1n) is 8.09. The number of benzene rings is 1.